The van der Waals surface area contributed by atoms with Crippen molar-refractivity contribution in [2.24, 2.45) is 0 Å². The molecule has 0 aliphatic carbocycles. The molecule has 33 heavy (non-hydrogen) atoms. The van der Waals surface area contributed by atoms with Crippen molar-refractivity contribution in [3.63, 3.8) is 0 Å². The van der Waals surface area contributed by atoms with Crippen LogP contribution in [-0.2, 0) is 9.47 Å². The lowest BCUT2D eigenvalue weighted by Crippen LogP contribution is -2.15. The molecule has 0 aromatic heterocycles. The van der Waals surface area contributed by atoms with Crippen LogP contribution in [0.15, 0.2) is 24.3 Å². The Balaban J connectivity index is 0.00000184. The second-order valence-corrected chi connectivity index (χ2v) is 10.2. The van der Waals surface area contributed by atoms with E-state index < -0.39 is 11.9 Å². The van der Waals surface area contributed by atoms with Gasteiger partial charge in [0.1, 0.15) is 0 Å². The number of unbranched alkanes of at least 4 members (excludes halogenated alkanes) is 10. The number of ether oxygens (including phenoxy) is 2. The van der Waals surface area contributed by atoms with Crippen LogP contribution in [0.3, 0.4) is 0 Å². The van der Waals surface area contributed by atoms with Gasteiger partial charge in [0.15, 0.2) is 0 Å². The van der Waals surface area contributed by atoms with Crippen LogP contribution in [0.1, 0.15) is 125 Å². The maximum atomic E-state index is 12.4. The highest BCUT2D eigenvalue weighted by atomic mass is 31.1. The van der Waals surface area contributed by atoms with Crippen molar-refractivity contribution >= 4 is 20.5 Å². The minimum Gasteiger partial charge on any atom is -0.462 e. The predicted octanol–water partition coefficient (Wildman–Crippen LogP) is 8.43. The highest BCUT2D eigenvalue weighted by Gasteiger charge is 2.18. The van der Waals surface area contributed by atoms with Gasteiger partial charge in [0.25, 0.3) is 0 Å². The van der Waals surface area contributed by atoms with E-state index in [0.29, 0.717) is 24.3 Å². The smallest absolute Gasteiger partial charge is 0.339 e. The molecule has 0 aliphatic heterocycles. The summed E-state index contributed by atoms with van der Waals surface area (Å²) in [6.07, 6.45) is 16.4. The van der Waals surface area contributed by atoms with E-state index in [9.17, 15) is 9.59 Å². The molecule has 0 heterocycles. The number of benzene rings is 1. The zero-order chi connectivity index (χ0) is 24.6. The highest BCUT2D eigenvalue weighted by Crippen LogP contribution is 2.14. The number of hydrogen-bond acceptors (Lipinski definition) is 4. The van der Waals surface area contributed by atoms with Gasteiger partial charge in [-0.15, -0.1) is 8.58 Å². The van der Waals surface area contributed by atoms with Crippen LogP contribution in [0, 0.1) is 0 Å². The first-order valence-electron chi connectivity index (χ1n) is 13.3. The Morgan fingerprint density at radius 3 is 1.30 bits per heavy atom. The molecule has 0 unspecified atom stereocenters. The summed E-state index contributed by atoms with van der Waals surface area (Å²) in [7, 11) is 1.20. The van der Waals surface area contributed by atoms with E-state index in [1.165, 1.54) is 72.3 Å². The van der Waals surface area contributed by atoms with Gasteiger partial charge in [-0.3, -0.25) is 0 Å². The first-order valence-corrected chi connectivity index (χ1v) is 14.7. The number of carbonyl (C=O) groups excluding carboxylic acids is 2. The number of esters is 2. The van der Waals surface area contributed by atoms with Gasteiger partial charge in [0.2, 0.25) is 0 Å². The lowest BCUT2D eigenvalue weighted by Gasteiger charge is -2.10. The van der Waals surface area contributed by atoms with Crippen LogP contribution >= 0.6 is 8.58 Å². The predicted molar refractivity (Wildman–Crippen MR) is 143 cm³/mol. The molecule has 4 nitrogen and oxygen atoms in total. The van der Waals surface area contributed by atoms with Crippen LogP contribution in [0.25, 0.3) is 0 Å². The molecule has 1 aromatic carbocycles. The Bertz CT molecular complexity index is 552. The van der Waals surface area contributed by atoms with E-state index in [-0.39, 0.29) is 0 Å². The van der Waals surface area contributed by atoms with Crippen molar-refractivity contribution in [3.05, 3.63) is 35.4 Å². The monoisotopic (exact) mass is 480 g/mol. The molecule has 0 aliphatic rings. The largest absolute Gasteiger partial charge is 0.462 e. The maximum Gasteiger partial charge on any atom is 0.339 e. The van der Waals surface area contributed by atoms with Gasteiger partial charge in [-0.05, 0) is 37.3 Å². The Hall–Kier alpha value is -1.41. The van der Waals surface area contributed by atoms with Crippen molar-refractivity contribution in [2.45, 2.75) is 105 Å². The summed E-state index contributed by atoms with van der Waals surface area (Å²) in [6, 6.07) is 6.74. The SMILES string of the molecule is CCCCCCCCOC(=O)c1ccccc1C(=O)OCCCCCCCC.CCPCC. The van der Waals surface area contributed by atoms with Crippen LogP contribution in [0.2, 0.25) is 0 Å². The fourth-order valence-electron chi connectivity index (χ4n) is 3.34. The summed E-state index contributed by atoms with van der Waals surface area (Å²) in [5.41, 5.74) is 0.586. The Kier molecular flexibility index (Phi) is 22.7. The van der Waals surface area contributed by atoms with Gasteiger partial charge in [0, 0.05) is 0 Å². The molecule has 1 aromatic rings. The van der Waals surface area contributed by atoms with Crippen molar-refractivity contribution in [2.75, 3.05) is 25.5 Å². The lowest BCUT2D eigenvalue weighted by molar-refractivity contribution is 0.0450. The van der Waals surface area contributed by atoms with Crippen molar-refractivity contribution < 1.29 is 19.1 Å². The molecule has 1 rings (SSSR count). The van der Waals surface area contributed by atoms with Crippen LogP contribution in [0.4, 0.5) is 0 Å². The fraction of sp³-hybridized carbons (Fsp3) is 0.714. The molecule has 5 heteroatoms. The minimum absolute atomic E-state index is 0.293. The topological polar surface area (TPSA) is 52.6 Å². The summed E-state index contributed by atoms with van der Waals surface area (Å²) in [4.78, 5) is 24.7. The van der Waals surface area contributed by atoms with Crippen molar-refractivity contribution in [1.29, 1.82) is 0 Å². The normalized spacial score (nSPS) is 10.3. The van der Waals surface area contributed by atoms with E-state index in [4.69, 9.17) is 9.47 Å². The summed E-state index contributed by atoms with van der Waals surface area (Å²) in [5.74, 6) is -0.888. The molecule has 0 fully saturated rings. The first kappa shape index (κ1) is 31.6. The van der Waals surface area contributed by atoms with Gasteiger partial charge in [-0.1, -0.05) is 104 Å². The average molecular weight is 481 g/mol. The minimum atomic E-state index is -0.444. The quantitative estimate of drug-likeness (QED) is 0.120. The molecule has 0 saturated heterocycles. The van der Waals surface area contributed by atoms with Crippen molar-refractivity contribution in [1.82, 2.24) is 0 Å². The maximum absolute atomic E-state index is 12.4. The Morgan fingerprint density at radius 2 is 0.970 bits per heavy atom. The molecular weight excluding hydrogens is 431 g/mol. The standard InChI is InChI=1S/C24H38O4.C4H11P/c1-3-5-7-9-11-15-19-27-23(25)21-17-13-14-18-22(21)24(26)28-20-16-12-10-8-6-4-2;1-3-5-4-2/h13-14,17-18H,3-12,15-16,19-20H2,1-2H3;5H,3-4H2,1-2H3. The van der Waals surface area contributed by atoms with E-state index in [2.05, 4.69) is 27.7 Å². The molecule has 0 atom stereocenters. The van der Waals surface area contributed by atoms with Gasteiger partial charge in [-0.2, -0.15) is 0 Å². The van der Waals surface area contributed by atoms with Crippen LogP contribution in [0.5, 0.6) is 0 Å². The molecule has 0 saturated carbocycles. The number of carbonyl (C=O) groups is 2. The molecular formula is C28H49O4P. The van der Waals surface area contributed by atoms with Gasteiger partial charge >= 0.3 is 11.9 Å². The second kappa shape index (κ2) is 23.7. The van der Waals surface area contributed by atoms with E-state index >= 15 is 0 Å². The third-order valence-electron chi connectivity index (χ3n) is 5.33. The van der Waals surface area contributed by atoms with Crippen LogP contribution < -0.4 is 0 Å². The lowest BCUT2D eigenvalue weighted by atomic mass is 10.1. The van der Waals surface area contributed by atoms with Crippen molar-refractivity contribution in [3.8, 4) is 0 Å². The molecule has 0 amide bonds. The van der Waals surface area contributed by atoms with E-state index in [1.54, 1.807) is 24.3 Å². The van der Waals surface area contributed by atoms with Gasteiger partial charge in [0.05, 0.1) is 24.3 Å². The van der Waals surface area contributed by atoms with Crippen LogP contribution in [-0.4, -0.2) is 37.5 Å². The second-order valence-electron chi connectivity index (χ2n) is 8.31. The summed E-state index contributed by atoms with van der Waals surface area (Å²) < 4.78 is 10.7. The number of hydrogen-bond donors (Lipinski definition) is 0. The Morgan fingerprint density at radius 1 is 0.606 bits per heavy atom. The molecule has 0 spiro atoms. The average Bonchev–Trinajstić information content (AvgIpc) is 2.83. The van der Waals surface area contributed by atoms with Gasteiger partial charge < -0.3 is 9.47 Å². The zero-order valence-electron chi connectivity index (χ0n) is 21.8. The third kappa shape index (κ3) is 17.7. The third-order valence-corrected chi connectivity index (χ3v) is 6.33. The number of rotatable bonds is 18. The molecule has 190 valence electrons. The van der Waals surface area contributed by atoms with E-state index in [1.807, 2.05) is 0 Å². The van der Waals surface area contributed by atoms with Gasteiger partial charge in [-0.25, -0.2) is 9.59 Å². The molecule has 0 bridgehead atoms. The highest BCUT2D eigenvalue weighted by molar-refractivity contribution is 7.37. The van der Waals surface area contributed by atoms with E-state index in [0.717, 1.165) is 25.7 Å². The molecule has 0 N–H and O–H groups in total. The Labute approximate surface area is 205 Å². The zero-order valence-corrected chi connectivity index (χ0v) is 22.8. The summed E-state index contributed by atoms with van der Waals surface area (Å²) >= 11 is 0. The molecule has 0 radical (unpaired) electrons. The fourth-order valence-corrected chi connectivity index (χ4v) is 3.84. The summed E-state index contributed by atoms with van der Waals surface area (Å²) in [5, 5.41) is 0. The summed E-state index contributed by atoms with van der Waals surface area (Å²) in [6.45, 7) is 9.62. The first-order chi connectivity index (χ1) is 16.1.